The maximum absolute atomic E-state index is 10.7. The summed E-state index contributed by atoms with van der Waals surface area (Å²) >= 11 is 0. The molecule has 2 heteroatoms. The summed E-state index contributed by atoms with van der Waals surface area (Å²) in [6.07, 6.45) is 4.18. The van der Waals surface area contributed by atoms with Crippen molar-refractivity contribution in [2.75, 3.05) is 6.61 Å². The highest BCUT2D eigenvalue weighted by atomic mass is 16.5. The van der Waals surface area contributed by atoms with Gasteiger partial charge >= 0.3 is 0 Å². The average molecular weight is 246 g/mol. The van der Waals surface area contributed by atoms with Crippen molar-refractivity contribution in [1.29, 1.82) is 0 Å². The van der Waals surface area contributed by atoms with Crippen LogP contribution in [0.4, 0.5) is 0 Å². The Bertz CT molecular complexity index is 404. The summed E-state index contributed by atoms with van der Waals surface area (Å²) in [6.45, 7) is 4.97. The highest BCUT2D eigenvalue weighted by Crippen LogP contribution is 2.39. The zero-order chi connectivity index (χ0) is 13.0. The molecule has 1 heterocycles. The van der Waals surface area contributed by atoms with Crippen LogP contribution >= 0.6 is 0 Å². The number of aliphatic hydroxyl groups is 1. The second-order valence-corrected chi connectivity index (χ2v) is 4.88. The van der Waals surface area contributed by atoms with Crippen molar-refractivity contribution >= 4 is 0 Å². The quantitative estimate of drug-likeness (QED) is 0.862. The van der Waals surface area contributed by atoms with Gasteiger partial charge in [0.2, 0.25) is 0 Å². The second-order valence-electron chi connectivity index (χ2n) is 4.88. The van der Waals surface area contributed by atoms with E-state index in [0.717, 1.165) is 25.0 Å². The van der Waals surface area contributed by atoms with Crippen molar-refractivity contribution in [1.82, 2.24) is 0 Å². The molecule has 1 N–H and O–H groups in total. The van der Waals surface area contributed by atoms with Gasteiger partial charge in [-0.2, -0.15) is 0 Å². The molecule has 0 bridgehead atoms. The van der Waals surface area contributed by atoms with E-state index in [9.17, 15) is 5.11 Å². The molecular formula is C16H22O2. The molecule has 0 spiro atoms. The highest BCUT2D eigenvalue weighted by molar-refractivity contribution is 5.30. The van der Waals surface area contributed by atoms with E-state index in [1.165, 1.54) is 5.56 Å². The summed E-state index contributed by atoms with van der Waals surface area (Å²) in [5, 5.41) is 10.7. The predicted molar refractivity (Wildman–Crippen MR) is 73.4 cm³/mol. The Morgan fingerprint density at radius 3 is 2.39 bits per heavy atom. The monoisotopic (exact) mass is 246 g/mol. The minimum absolute atomic E-state index is 0.239. The predicted octanol–water partition coefficient (Wildman–Crippen LogP) is 3.41. The fourth-order valence-electron chi connectivity index (χ4n) is 2.87. The van der Waals surface area contributed by atoms with Crippen molar-refractivity contribution in [3.8, 4) is 0 Å². The topological polar surface area (TPSA) is 29.5 Å². The zero-order valence-electron chi connectivity index (χ0n) is 11.2. The third-order valence-corrected chi connectivity index (χ3v) is 4.14. The highest BCUT2D eigenvalue weighted by Gasteiger charge is 2.39. The molecule has 0 saturated carbocycles. The third-order valence-electron chi connectivity index (χ3n) is 4.14. The fourth-order valence-corrected chi connectivity index (χ4v) is 2.87. The molecule has 1 unspecified atom stereocenters. The number of aliphatic hydroxyl groups excluding tert-OH is 1. The molecule has 2 nitrogen and oxygen atoms in total. The van der Waals surface area contributed by atoms with E-state index in [4.69, 9.17) is 4.74 Å². The summed E-state index contributed by atoms with van der Waals surface area (Å²) in [4.78, 5) is 0. The van der Waals surface area contributed by atoms with Crippen LogP contribution in [0.2, 0.25) is 0 Å². The van der Waals surface area contributed by atoms with Gasteiger partial charge in [0.05, 0.1) is 6.61 Å². The zero-order valence-corrected chi connectivity index (χ0v) is 11.2. The molecule has 0 aliphatic carbocycles. The maximum Gasteiger partial charge on any atom is 0.122 e. The van der Waals surface area contributed by atoms with Crippen molar-refractivity contribution in [2.45, 2.75) is 44.6 Å². The molecule has 1 aromatic carbocycles. The average Bonchev–Trinajstić information content (AvgIpc) is 2.96. The number of hydrogen-bond donors (Lipinski definition) is 1. The first kappa shape index (κ1) is 13.2. The van der Waals surface area contributed by atoms with E-state index in [2.05, 4.69) is 26.0 Å². The minimum Gasteiger partial charge on any atom is -0.495 e. The van der Waals surface area contributed by atoms with Crippen LogP contribution in [0.1, 0.15) is 38.7 Å². The number of rotatable bonds is 5. The van der Waals surface area contributed by atoms with Crippen LogP contribution in [0, 0.1) is 0 Å². The Labute approximate surface area is 109 Å². The Balaban J connectivity index is 2.37. The smallest absolute Gasteiger partial charge is 0.122 e. The lowest BCUT2D eigenvalue weighted by molar-refractivity contribution is 0.0492. The van der Waals surface area contributed by atoms with Crippen LogP contribution in [-0.4, -0.2) is 17.8 Å². The van der Waals surface area contributed by atoms with Crippen LogP contribution < -0.4 is 0 Å². The van der Waals surface area contributed by atoms with Crippen LogP contribution in [0.25, 0.3) is 0 Å². The molecular weight excluding hydrogens is 224 g/mol. The first-order valence-electron chi connectivity index (χ1n) is 6.81. The summed E-state index contributed by atoms with van der Waals surface area (Å²) in [7, 11) is 0. The summed E-state index contributed by atoms with van der Waals surface area (Å²) in [5.74, 6) is 0.752. The first-order chi connectivity index (χ1) is 8.74. The first-order valence-corrected chi connectivity index (χ1v) is 6.81. The van der Waals surface area contributed by atoms with Crippen molar-refractivity contribution < 1.29 is 9.84 Å². The molecule has 1 aliphatic heterocycles. The lowest BCUT2D eigenvalue weighted by atomic mass is 9.71. The van der Waals surface area contributed by atoms with Crippen LogP contribution in [0.5, 0.6) is 0 Å². The Kier molecular flexibility index (Phi) is 4.07. The van der Waals surface area contributed by atoms with E-state index in [0.29, 0.717) is 6.61 Å². The van der Waals surface area contributed by atoms with Gasteiger partial charge in [-0.3, -0.25) is 0 Å². The molecule has 1 aliphatic rings. The van der Waals surface area contributed by atoms with Crippen LogP contribution in [-0.2, 0) is 10.2 Å². The second kappa shape index (κ2) is 5.57. The number of hydrogen-bond acceptors (Lipinski definition) is 2. The molecule has 0 fully saturated rings. The maximum atomic E-state index is 10.7. The molecule has 2 rings (SSSR count). The van der Waals surface area contributed by atoms with Gasteiger partial charge in [0.25, 0.3) is 0 Å². The summed E-state index contributed by atoms with van der Waals surface area (Å²) in [5.41, 5.74) is 0.955. The number of ether oxygens (including phenoxy) is 1. The summed E-state index contributed by atoms with van der Waals surface area (Å²) < 4.78 is 5.56. The molecule has 1 aromatic rings. The lowest BCUT2D eigenvalue weighted by Gasteiger charge is -2.37. The van der Waals surface area contributed by atoms with Gasteiger partial charge in [-0.1, -0.05) is 44.2 Å². The normalized spacial score (nSPS) is 17.2. The minimum atomic E-state index is -0.544. The molecule has 0 amide bonds. The Morgan fingerprint density at radius 1 is 1.22 bits per heavy atom. The van der Waals surface area contributed by atoms with Crippen molar-refractivity contribution in [2.24, 2.45) is 0 Å². The SMILES string of the molecule is CCC(CC)(c1ccccc1)C(O)C1=CCCO1. The molecule has 0 radical (unpaired) electrons. The van der Waals surface area contributed by atoms with Crippen LogP contribution in [0.15, 0.2) is 42.2 Å². The van der Waals surface area contributed by atoms with Gasteiger partial charge in [0, 0.05) is 11.8 Å². The van der Waals surface area contributed by atoms with Gasteiger partial charge < -0.3 is 9.84 Å². The third kappa shape index (κ3) is 2.17. The van der Waals surface area contributed by atoms with Gasteiger partial charge in [-0.25, -0.2) is 0 Å². The van der Waals surface area contributed by atoms with E-state index >= 15 is 0 Å². The molecule has 0 aromatic heterocycles. The molecule has 98 valence electrons. The molecule has 18 heavy (non-hydrogen) atoms. The van der Waals surface area contributed by atoms with E-state index in [-0.39, 0.29) is 5.41 Å². The van der Waals surface area contributed by atoms with E-state index in [1.807, 2.05) is 24.3 Å². The Hall–Kier alpha value is -1.28. The molecule has 0 saturated heterocycles. The molecule has 1 atom stereocenters. The lowest BCUT2D eigenvalue weighted by Crippen LogP contribution is -2.40. The number of benzene rings is 1. The van der Waals surface area contributed by atoms with E-state index in [1.54, 1.807) is 0 Å². The van der Waals surface area contributed by atoms with Crippen LogP contribution in [0.3, 0.4) is 0 Å². The standard InChI is InChI=1S/C16H22O2/c1-3-16(4-2,13-9-6-5-7-10-13)15(17)14-11-8-12-18-14/h5-7,9-11,15,17H,3-4,8,12H2,1-2H3. The van der Waals surface area contributed by atoms with Gasteiger partial charge in [0.15, 0.2) is 0 Å². The largest absolute Gasteiger partial charge is 0.495 e. The van der Waals surface area contributed by atoms with Gasteiger partial charge in [-0.05, 0) is 24.5 Å². The van der Waals surface area contributed by atoms with Gasteiger partial charge in [0.1, 0.15) is 11.9 Å². The Morgan fingerprint density at radius 2 is 1.89 bits per heavy atom. The van der Waals surface area contributed by atoms with E-state index < -0.39 is 6.10 Å². The fraction of sp³-hybridized carbons (Fsp3) is 0.500. The van der Waals surface area contributed by atoms with Crippen molar-refractivity contribution in [3.63, 3.8) is 0 Å². The van der Waals surface area contributed by atoms with Crippen molar-refractivity contribution in [3.05, 3.63) is 47.7 Å². The van der Waals surface area contributed by atoms with Gasteiger partial charge in [-0.15, -0.1) is 0 Å². The summed E-state index contributed by atoms with van der Waals surface area (Å²) in [6, 6.07) is 10.3.